The Morgan fingerprint density at radius 1 is 1.06 bits per heavy atom. The number of benzene rings is 1. The maximum absolute atomic E-state index is 6.41. The van der Waals surface area contributed by atoms with Crippen molar-refractivity contribution in [2.45, 2.75) is 52.5 Å². The summed E-state index contributed by atoms with van der Waals surface area (Å²) in [7, 11) is 0. The largest absolute Gasteiger partial charge is 0.324 e. The molecule has 16 heavy (non-hydrogen) atoms. The summed E-state index contributed by atoms with van der Waals surface area (Å²) in [6.45, 7) is 6.64. The molecule has 2 N–H and O–H groups in total. The number of aryl methyl sites for hydroxylation is 1. The lowest BCUT2D eigenvalue weighted by Crippen LogP contribution is -2.22. The Morgan fingerprint density at radius 2 is 1.62 bits per heavy atom. The molecule has 0 aliphatic carbocycles. The van der Waals surface area contributed by atoms with Crippen LogP contribution in [0.4, 0.5) is 0 Å². The van der Waals surface area contributed by atoms with Crippen molar-refractivity contribution in [3.8, 4) is 0 Å². The first-order valence-corrected chi connectivity index (χ1v) is 6.51. The predicted octanol–water partition coefficient (Wildman–Crippen LogP) is 4.21. The molecule has 1 aromatic carbocycles. The van der Waals surface area contributed by atoms with Crippen LogP contribution < -0.4 is 5.73 Å². The second-order valence-electron chi connectivity index (χ2n) is 4.72. The van der Waals surface area contributed by atoms with Gasteiger partial charge >= 0.3 is 0 Å². The number of hydrogen-bond donors (Lipinski definition) is 1. The van der Waals surface area contributed by atoms with Crippen molar-refractivity contribution in [1.82, 2.24) is 0 Å². The fraction of sp³-hybridized carbons (Fsp3) is 0.600. The van der Waals surface area contributed by atoms with Crippen LogP contribution in [0.5, 0.6) is 0 Å². The molecule has 1 nitrogen and oxygen atoms in total. The van der Waals surface area contributed by atoms with E-state index in [-0.39, 0.29) is 6.04 Å². The van der Waals surface area contributed by atoms with Gasteiger partial charge in [0.15, 0.2) is 0 Å². The molecule has 0 spiro atoms. The van der Waals surface area contributed by atoms with E-state index < -0.39 is 0 Å². The standard InChI is InChI=1S/C15H25N/c1-4-8-13(9-5-2)15(16)14-11-7-6-10-12(14)3/h6-7,10-11,13,15H,4-5,8-9,16H2,1-3H3. The fourth-order valence-corrected chi connectivity index (χ4v) is 2.46. The van der Waals surface area contributed by atoms with Crippen LogP contribution >= 0.6 is 0 Å². The lowest BCUT2D eigenvalue weighted by molar-refractivity contribution is 0.368. The van der Waals surface area contributed by atoms with Gasteiger partial charge in [0.1, 0.15) is 0 Å². The molecule has 1 aromatic rings. The van der Waals surface area contributed by atoms with Crippen LogP contribution in [0.15, 0.2) is 24.3 Å². The second-order valence-corrected chi connectivity index (χ2v) is 4.72. The summed E-state index contributed by atoms with van der Waals surface area (Å²) in [5.41, 5.74) is 9.07. The zero-order valence-corrected chi connectivity index (χ0v) is 10.9. The van der Waals surface area contributed by atoms with E-state index in [0.29, 0.717) is 5.92 Å². The van der Waals surface area contributed by atoms with Crippen LogP contribution in [-0.4, -0.2) is 0 Å². The average molecular weight is 219 g/mol. The topological polar surface area (TPSA) is 26.0 Å². The second kappa shape index (κ2) is 6.70. The normalized spacial score (nSPS) is 13.1. The maximum atomic E-state index is 6.41. The number of rotatable bonds is 6. The quantitative estimate of drug-likeness (QED) is 0.762. The third-order valence-corrected chi connectivity index (χ3v) is 3.37. The minimum absolute atomic E-state index is 0.209. The summed E-state index contributed by atoms with van der Waals surface area (Å²) in [5.74, 6) is 0.635. The molecule has 90 valence electrons. The van der Waals surface area contributed by atoms with Crippen LogP contribution in [0.2, 0.25) is 0 Å². The fourth-order valence-electron chi connectivity index (χ4n) is 2.46. The van der Waals surface area contributed by atoms with E-state index >= 15 is 0 Å². The Labute approximate surface area is 100 Å². The molecule has 0 aliphatic heterocycles. The predicted molar refractivity (Wildman–Crippen MR) is 71.4 cm³/mol. The third kappa shape index (κ3) is 3.34. The Morgan fingerprint density at radius 3 is 2.12 bits per heavy atom. The van der Waals surface area contributed by atoms with Crippen molar-refractivity contribution in [3.05, 3.63) is 35.4 Å². The summed E-state index contributed by atoms with van der Waals surface area (Å²) < 4.78 is 0. The van der Waals surface area contributed by atoms with Gasteiger partial charge in [-0.25, -0.2) is 0 Å². The van der Waals surface area contributed by atoms with E-state index in [1.807, 2.05) is 0 Å². The van der Waals surface area contributed by atoms with Crippen molar-refractivity contribution < 1.29 is 0 Å². The molecule has 0 fully saturated rings. The van der Waals surface area contributed by atoms with Crippen LogP contribution in [0.25, 0.3) is 0 Å². The van der Waals surface area contributed by atoms with E-state index in [1.54, 1.807) is 0 Å². The lowest BCUT2D eigenvalue weighted by Gasteiger charge is -2.24. The molecular formula is C15H25N. The number of nitrogens with two attached hydrogens (primary N) is 1. The van der Waals surface area contributed by atoms with E-state index in [4.69, 9.17) is 5.73 Å². The molecule has 0 heterocycles. The molecule has 0 amide bonds. The molecule has 0 aliphatic rings. The average Bonchev–Trinajstić information content (AvgIpc) is 2.28. The Bertz CT molecular complexity index is 300. The summed E-state index contributed by atoms with van der Waals surface area (Å²) in [5, 5.41) is 0. The van der Waals surface area contributed by atoms with Gasteiger partial charge in [0.25, 0.3) is 0 Å². The maximum Gasteiger partial charge on any atom is 0.0326 e. The first-order chi connectivity index (χ1) is 7.70. The molecule has 1 unspecified atom stereocenters. The van der Waals surface area contributed by atoms with Crippen molar-refractivity contribution >= 4 is 0 Å². The molecule has 0 saturated heterocycles. The molecule has 0 radical (unpaired) electrons. The van der Waals surface area contributed by atoms with Gasteiger partial charge in [-0.15, -0.1) is 0 Å². The van der Waals surface area contributed by atoms with Crippen molar-refractivity contribution in [3.63, 3.8) is 0 Å². The van der Waals surface area contributed by atoms with Gasteiger partial charge < -0.3 is 5.73 Å². The highest BCUT2D eigenvalue weighted by Crippen LogP contribution is 2.29. The van der Waals surface area contributed by atoms with Gasteiger partial charge in [0.05, 0.1) is 0 Å². The third-order valence-electron chi connectivity index (χ3n) is 3.37. The van der Waals surface area contributed by atoms with Gasteiger partial charge in [0, 0.05) is 6.04 Å². The smallest absolute Gasteiger partial charge is 0.0326 e. The molecular weight excluding hydrogens is 194 g/mol. The highest BCUT2D eigenvalue weighted by atomic mass is 14.7. The first-order valence-electron chi connectivity index (χ1n) is 6.51. The molecule has 1 atom stereocenters. The highest BCUT2D eigenvalue weighted by Gasteiger charge is 2.18. The van der Waals surface area contributed by atoms with E-state index in [2.05, 4.69) is 45.0 Å². The van der Waals surface area contributed by atoms with Crippen LogP contribution in [0.3, 0.4) is 0 Å². The zero-order valence-electron chi connectivity index (χ0n) is 10.9. The first kappa shape index (κ1) is 13.2. The van der Waals surface area contributed by atoms with Gasteiger partial charge in [-0.2, -0.15) is 0 Å². The molecule has 1 rings (SSSR count). The van der Waals surface area contributed by atoms with Gasteiger partial charge in [-0.05, 0) is 36.8 Å². The lowest BCUT2D eigenvalue weighted by atomic mass is 9.85. The Kier molecular flexibility index (Phi) is 5.54. The summed E-state index contributed by atoms with van der Waals surface area (Å²) in [6, 6.07) is 8.72. The molecule has 1 heteroatoms. The van der Waals surface area contributed by atoms with E-state index in [0.717, 1.165) is 0 Å². The number of hydrogen-bond acceptors (Lipinski definition) is 1. The molecule has 0 saturated carbocycles. The molecule has 0 bridgehead atoms. The van der Waals surface area contributed by atoms with Crippen LogP contribution in [0.1, 0.15) is 56.7 Å². The zero-order chi connectivity index (χ0) is 12.0. The summed E-state index contributed by atoms with van der Waals surface area (Å²) in [6.07, 6.45) is 4.93. The van der Waals surface area contributed by atoms with Gasteiger partial charge in [-0.1, -0.05) is 51.0 Å². The van der Waals surface area contributed by atoms with E-state index in [1.165, 1.54) is 36.8 Å². The van der Waals surface area contributed by atoms with Crippen molar-refractivity contribution in [2.24, 2.45) is 11.7 Å². The summed E-state index contributed by atoms with van der Waals surface area (Å²) >= 11 is 0. The van der Waals surface area contributed by atoms with Gasteiger partial charge in [-0.3, -0.25) is 0 Å². The minimum atomic E-state index is 0.209. The monoisotopic (exact) mass is 219 g/mol. The van der Waals surface area contributed by atoms with Crippen LogP contribution in [-0.2, 0) is 0 Å². The SMILES string of the molecule is CCCC(CCC)C(N)c1ccccc1C. The van der Waals surface area contributed by atoms with Gasteiger partial charge in [0.2, 0.25) is 0 Å². The van der Waals surface area contributed by atoms with Crippen LogP contribution in [0, 0.1) is 12.8 Å². The van der Waals surface area contributed by atoms with E-state index in [9.17, 15) is 0 Å². The summed E-state index contributed by atoms with van der Waals surface area (Å²) in [4.78, 5) is 0. The Balaban J connectivity index is 2.81. The molecule has 0 aromatic heterocycles. The minimum Gasteiger partial charge on any atom is -0.324 e. The van der Waals surface area contributed by atoms with Crippen molar-refractivity contribution in [1.29, 1.82) is 0 Å². The highest BCUT2D eigenvalue weighted by molar-refractivity contribution is 5.28. The van der Waals surface area contributed by atoms with Crippen molar-refractivity contribution in [2.75, 3.05) is 0 Å². The Hall–Kier alpha value is -0.820.